The Morgan fingerprint density at radius 1 is 1.04 bits per heavy atom. The summed E-state index contributed by atoms with van der Waals surface area (Å²) in [4.78, 5) is 19.2. The van der Waals surface area contributed by atoms with E-state index in [1.54, 1.807) is 18.3 Å². The molecule has 1 saturated carbocycles. The van der Waals surface area contributed by atoms with Crippen molar-refractivity contribution >= 4 is 5.91 Å². The molecule has 1 heterocycles. The summed E-state index contributed by atoms with van der Waals surface area (Å²) in [5.41, 5.74) is 3.67. The van der Waals surface area contributed by atoms with E-state index < -0.39 is 0 Å². The second kappa shape index (κ2) is 7.00. The zero-order valence-electron chi connectivity index (χ0n) is 14.4. The molecule has 1 fully saturated rings. The Labute approximate surface area is 152 Å². The van der Waals surface area contributed by atoms with E-state index in [0.717, 1.165) is 29.5 Å². The van der Waals surface area contributed by atoms with Gasteiger partial charge >= 0.3 is 0 Å². The molecular weight excluding hydrogens is 324 g/mol. The van der Waals surface area contributed by atoms with E-state index in [-0.39, 0.29) is 11.7 Å². The summed E-state index contributed by atoms with van der Waals surface area (Å²) in [7, 11) is 0. The summed E-state index contributed by atoms with van der Waals surface area (Å²) in [5.74, 6) is 0.286. The van der Waals surface area contributed by atoms with Crippen LogP contribution in [-0.4, -0.2) is 26.9 Å². The van der Waals surface area contributed by atoms with Crippen molar-refractivity contribution in [3.05, 3.63) is 84.2 Å². The molecule has 0 aliphatic heterocycles. The van der Waals surface area contributed by atoms with Gasteiger partial charge in [-0.2, -0.15) is 0 Å². The number of aromatic nitrogens is 1. The van der Waals surface area contributed by atoms with Gasteiger partial charge in [-0.15, -0.1) is 0 Å². The lowest BCUT2D eigenvalue weighted by atomic mass is 10.0. The van der Waals surface area contributed by atoms with E-state index in [2.05, 4.69) is 4.98 Å². The number of phenols is 1. The Morgan fingerprint density at radius 2 is 1.85 bits per heavy atom. The molecule has 4 nitrogen and oxygen atoms in total. The number of hydrogen-bond donors (Lipinski definition) is 1. The third-order valence-corrected chi connectivity index (χ3v) is 4.63. The minimum Gasteiger partial charge on any atom is -0.508 e. The van der Waals surface area contributed by atoms with Gasteiger partial charge in [0.25, 0.3) is 5.91 Å². The SMILES string of the molecule is O=C(c1cccc(-c2ccc(O)cc2)c1)N(Cc1cccnc1)C1CC1. The van der Waals surface area contributed by atoms with Crippen molar-refractivity contribution in [3.8, 4) is 16.9 Å². The molecule has 26 heavy (non-hydrogen) atoms. The van der Waals surface area contributed by atoms with Gasteiger partial charge in [-0.05, 0) is 59.9 Å². The number of pyridine rings is 1. The number of amides is 1. The first-order chi connectivity index (χ1) is 12.7. The molecule has 0 radical (unpaired) electrons. The van der Waals surface area contributed by atoms with Crippen LogP contribution in [0.2, 0.25) is 0 Å². The van der Waals surface area contributed by atoms with E-state index in [1.807, 2.05) is 59.6 Å². The predicted molar refractivity (Wildman–Crippen MR) is 101 cm³/mol. The van der Waals surface area contributed by atoms with Crippen molar-refractivity contribution in [1.82, 2.24) is 9.88 Å². The molecule has 0 spiro atoms. The van der Waals surface area contributed by atoms with Crippen LogP contribution in [0.4, 0.5) is 0 Å². The summed E-state index contributed by atoms with van der Waals surface area (Å²) in [6.07, 6.45) is 5.68. The molecule has 2 aromatic carbocycles. The summed E-state index contributed by atoms with van der Waals surface area (Å²) >= 11 is 0. The molecule has 1 aliphatic carbocycles. The Hall–Kier alpha value is -3.14. The zero-order valence-corrected chi connectivity index (χ0v) is 14.4. The van der Waals surface area contributed by atoms with Gasteiger partial charge in [0.05, 0.1) is 0 Å². The van der Waals surface area contributed by atoms with Crippen molar-refractivity contribution in [2.24, 2.45) is 0 Å². The molecule has 0 saturated heterocycles. The largest absolute Gasteiger partial charge is 0.508 e. The van der Waals surface area contributed by atoms with Gasteiger partial charge in [-0.1, -0.05) is 30.3 Å². The number of nitrogens with zero attached hydrogens (tertiary/aromatic N) is 2. The summed E-state index contributed by atoms with van der Waals surface area (Å²) in [6, 6.07) is 18.9. The number of benzene rings is 2. The van der Waals surface area contributed by atoms with Crippen LogP contribution < -0.4 is 0 Å². The topological polar surface area (TPSA) is 53.4 Å². The molecule has 4 rings (SSSR count). The normalized spacial score (nSPS) is 13.4. The molecule has 4 heteroatoms. The summed E-state index contributed by atoms with van der Waals surface area (Å²) < 4.78 is 0. The summed E-state index contributed by atoms with van der Waals surface area (Å²) in [6.45, 7) is 0.584. The van der Waals surface area contributed by atoms with E-state index in [4.69, 9.17) is 0 Å². The average molecular weight is 344 g/mol. The van der Waals surface area contributed by atoms with Gasteiger partial charge in [0, 0.05) is 30.5 Å². The molecule has 130 valence electrons. The van der Waals surface area contributed by atoms with Crippen LogP contribution in [-0.2, 0) is 6.54 Å². The van der Waals surface area contributed by atoms with Crippen molar-refractivity contribution in [2.75, 3.05) is 0 Å². The lowest BCUT2D eigenvalue weighted by Gasteiger charge is -2.23. The first-order valence-electron chi connectivity index (χ1n) is 8.80. The van der Waals surface area contributed by atoms with Crippen LogP contribution in [0.15, 0.2) is 73.1 Å². The number of carbonyl (C=O) groups is 1. The highest BCUT2D eigenvalue weighted by molar-refractivity contribution is 5.95. The first kappa shape index (κ1) is 16.3. The first-order valence-corrected chi connectivity index (χ1v) is 8.80. The number of carbonyl (C=O) groups excluding carboxylic acids is 1. The van der Waals surface area contributed by atoms with Crippen LogP contribution in [0.25, 0.3) is 11.1 Å². The fourth-order valence-corrected chi connectivity index (χ4v) is 3.09. The van der Waals surface area contributed by atoms with Crippen LogP contribution in [0, 0.1) is 0 Å². The number of rotatable bonds is 5. The molecular formula is C22H20N2O2. The third kappa shape index (κ3) is 3.59. The fraction of sp³-hybridized carbons (Fsp3) is 0.182. The van der Waals surface area contributed by atoms with Gasteiger partial charge in [0.15, 0.2) is 0 Å². The molecule has 0 bridgehead atoms. The Morgan fingerprint density at radius 3 is 2.54 bits per heavy atom. The van der Waals surface area contributed by atoms with Crippen LogP contribution >= 0.6 is 0 Å². The Kier molecular flexibility index (Phi) is 4.40. The van der Waals surface area contributed by atoms with Crippen LogP contribution in [0.1, 0.15) is 28.8 Å². The maximum Gasteiger partial charge on any atom is 0.254 e. The average Bonchev–Trinajstić information content (AvgIpc) is 3.52. The number of hydrogen-bond acceptors (Lipinski definition) is 3. The van der Waals surface area contributed by atoms with E-state index in [0.29, 0.717) is 18.2 Å². The molecule has 1 amide bonds. The highest BCUT2D eigenvalue weighted by atomic mass is 16.3. The quantitative estimate of drug-likeness (QED) is 0.752. The highest BCUT2D eigenvalue weighted by Gasteiger charge is 2.33. The van der Waals surface area contributed by atoms with Crippen molar-refractivity contribution in [3.63, 3.8) is 0 Å². The predicted octanol–water partition coefficient (Wildman–Crippen LogP) is 4.26. The van der Waals surface area contributed by atoms with Crippen molar-refractivity contribution in [1.29, 1.82) is 0 Å². The standard InChI is InChI=1S/C22H20N2O2/c25-21-10-6-17(7-11-21)18-4-1-5-19(13-18)22(26)24(20-8-9-20)15-16-3-2-12-23-14-16/h1-7,10-14,20,25H,8-9,15H2. The molecule has 0 atom stereocenters. The van der Waals surface area contributed by atoms with E-state index >= 15 is 0 Å². The van der Waals surface area contributed by atoms with Gasteiger partial charge in [0.1, 0.15) is 5.75 Å². The molecule has 1 N–H and O–H groups in total. The smallest absolute Gasteiger partial charge is 0.254 e. The second-order valence-corrected chi connectivity index (χ2v) is 6.65. The molecule has 1 aromatic heterocycles. The highest BCUT2D eigenvalue weighted by Crippen LogP contribution is 2.30. The summed E-state index contributed by atoms with van der Waals surface area (Å²) in [5, 5.41) is 9.46. The van der Waals surface area contributed by atoms with Gasteiger partial charge in [0.2, 0.25) is 0 Å². The number of phenolic OH excluding ortho intramolecular Hbond substituents is 1. The zero-order chi connectivity index (χ0) is 17.9. The Bertz CT molecular complexity index is 903. The molecule has 0 unspecified atom stereocenters. The van der Waals surface area contributed by atoms with Crippen LogP contribution in [0.3, 0.4) is 0 Å². The lowest BCUT2D eigenvalue weighted by molar-refractivity contribution is 0.0730. The monoisotopic (exact) mass is 344 g/mol. The number of aromatic hydroxyl groups is 1. The van der Waals surface area contributed by atoms with Gasteiger partial charge < -0.3 is 10.0 Å². The van der Waals surface area contributed by atoms with Gasteiger partial charge in [-0.3, -0.25) is 9.78 Å². The minimum atomic E-state index is 0.0528. The third-order valence-electron chi connectivity index (χ3n) is 4.63. The van der Waals surface area contributed by atoms with Gasteiger partial charge in [-0.25, -0.2) is 0 Å². The maximum absolute atomic E-state index is 13.1. The maximum atomic E-state index is 13.1. The fourth-order valence-electron chi connectivity index (χ4n) is 3.09. The van der Waals surface area contributed by atoms with Crippen molar-refractivity contribution in [2.45, 2.75) is 25.4 Å². The Balaban J connectivity index is 1.60. The minimum absolute atomic E-state index is 0.0528. The molecule has 3 aromatic rings. The van der Waals surface area contributed by atoms with E-state index in [1.165, 1.54) is 0 Å². The van der Waals surface area contributed by atoms with Crippen LogP contribution in [0.5, 0.6) is 5.75 Å². The molecule has 1 aliphatic rings. The lowest BCUT2D eigenvalue weighted by Crippen LogP contribution is -2.32. The van der Waals surface area contributed by atoms with E-state index in [9.17, 15) is 9.90 Å². The van der Waals surface area contributed by atoms with Crippen molar-refractivity contribution < 1.29 is 9.90 Å². The second-order valence-electron chi connectivity index (χ2n) is 6.65.